The fourth-order valence-electron chi connectivity index (χ4n) is 2.06. The van der Waals surface area contributed by atoms with Crippen LogP contribution in [0, 0.1) is 16.0 Å². The molecular formula is C13H14F3N3O3. The van der Waals surface area contributed by atoms with Gasteiger partial charge in [-0.2, -0.15) is 13.2 Å². The summed E-state index contributed by atoms with van der Waals surface area (Å²) in [6.07, 6.45) is -3.00. The summed E-state index contributed by atoms with van der Waals surface area (Å²) in [5, 5.41) is 10.7. The van der Waals surface area contributed by atoms with E-state index in [4.69, 9.17) is 5.73 Å². The number of non-ortho nitro benzene ring substituents is 1. The fourth-order valence-corrected chi connectivity index (χ4v) is 2.06. The van der Waals surface area contributed by atoms with Crippen molar-refractivity contribution in [2.75, 3.05) is 18.8 Å². The summed E-state index contributed by atoms with van der Waals surface area (Å²) in [5.74, 6) is -0.892. The van der Waals surface area contributed by atoms with Gasteiger partial charge in [0.25, 0.3) is 11.6 Å². The van der Waals surface area contributed by atoms with E-state index in [1.165, 1.54) is 0 Å². The number of nitro groups is 1. The van der Waals surface area contributed by atoms with Crippen LogP contribution >= 0.6 is 0 Å². The van der Waals surface area contributed by atoms with Gasteiger partial charge in [-0.1, -0.05) is 0 Å². The Balaban J connectivity index is 2.28. The van der Waals surface area contributed by atoms with E-state index in [2.05, 4.69) is 0 Å². The number of nitrogens with zero attached hydrogens (tertiary/aromatic N) is 2. The third-order valence-electron chi connectivity index (χ3n) is 3.31. The molecule has 2 N–H and O–H groups in total. The molecule has 2 rings (SSSR count). The highest BCUT2D eigenvalue weighted by Gasteiger charge is 2.37. The first-order chi connectivity index (χ1) is 10.2. The molecule has 0 aliphatic heterocycles. The molecule has 6 nitrogen and oxygen atoms in total. The number of carbonyl (C=O) groups is 1. The smallest absolute Gasteiger partial charge is 0.398 e. The summed E-state index contributed by atoms with van der Waals surface area (Å²) in [4.78, 5) is 23.0. The third-order valence-corrected chi connectivity index (χ3v) is 3.31. The third kappa shape index (κ3) is 4.09. The van der Waals surface area contributed by atoms with E-state index in [9.17, 15) is 28.1 Å². The zero-order valence-electron chi connectivity index (χ0n) is 11.5. The second kappa shape index (κ2) is 5.82. The molecule has 0 saturated heterocycles. The van der Waals surface area contributed by atoms with Gasteiger partial charge in [-0.3, -0.25) is 14.9 Å². The van der Waals surface area contributed by atoms with Crippen LogP contribution in [-0.2, 0) is 0 Å². The van der Waals surface area contributed by atoms with Crippen LogP contribution in [0.25, 0.3) is 0 Å². The summed E-state index contributed by atoms with van der Waals surface area (Å²) in [5.41, 5.74) is 4.83. The lowest BCUT2D eigenvalue weighted by molar-refractivity contribution is -0.384. The van der Waals surface area contributed by atoms with Crippen LogP contribution in [0.5, 0.6) is 0 Å². The van der Waals surface area contributed by atoms with E-state index in [-0.39, 0.29) is 23.7 Å². The average molecular weight is 317 g/mol. The number of nitrogens with two attached hydrogens (primary N) is 1. The van der Waals surface area contributed by atoms with Gasteiger partial charge in [0.15, 0.2) is 0 Å². The number of carbonyl (C=O) groups excluding carboxylic acids is 1. The van der Waals surface area contributed by atoms with Crippen LogP contribution < -0.4 is 5.73 Å². The van der Waals surface area contributed by atoms with Gasteiger partial charge in [0.2, 0.25) is 0 Å². The Morgan fingerprint density at radius 2 is 2.05 bits per heavy atom. The van der Waals surface area contributed by atoms with Crippen molar-refractivity contribution in [3.05, 3.63) is 33.9 Å². The van der Waals surface area contributed by atoms with Gasteiger partial charge >= 0.3 is 6.18 Å². The van der Waals surface area contributed by atoms with E-state index in [0.29, 0.717) is 4.90 Å². The fraction of sp³-hybridized carbons (Fsp3) is 0.462. The van der Waals surface area contributed by atoms with Crippen molar-refractivity contribution in [3.8, 4) is 0 Å². The first-order valence-electron chi connectivity index (χ1n) is 6.57. The Morgan fingerprint density at radius 3 is 2.55 bits per heavy atom. The van der Waals surface area contributed by atoms with Crippen molar-refractivity contribution >= 4 is 17.3 Å². The van der Waals surface area contributed by atoms with Crippen LogP contribution in [0.15, 0.2) is 18.2 Å². The number of halogens is 3. The van der Waals surface area contributed by atoms with Crippen LogP contribution in [0.1, 0.15) is 23.2 Å². The maximum Gasteiger partial charge on any atom is 0.406 e. The van der Waals surface area contributed by atoms with E-state index in [0.717, 1.165) is 31.0 Å². The Morgan fingerprint density at radius 1 is 1.41 bits per heavy atom. The zero-order valence-corrected chi connectivity index (χ0v) is 11.5. The number of nitro benzene ring substituents is 1. The first kappa shape index (κ1) is 16.1. The number of hydrogen-bond acceptors (Lipinski definition) is 4. The number of amides is 1. The molecule has 0 bridgehead atoms. The lowest BCUT2D eigenvalue weighted by Gasteiger charge is -2.24. The molecule has 1 aliphatic rings. The minimum absolute atomic E-state index is 0.0273. The lowest BCUT2D eigenvalue weighted by atomic mass is 10.1. The number of nitrogen functional groups attached to an aromatic ring is 1. The quantitative estimate of drug-likeness (QED) is 0.513. The number of benzene rings is 1. The van der Waals surface area contributed by atoms with Crippen LogP contribution in [0.4, 0.5) is 24.5 Å². The predicted molar refractivity (Wildman–Crippen MR) is 72.2 cm³/mol. The lowest BCUT2D eigenvalue weighted by Crippen LogP contribution is -2.40. The van der Waals surface area contributed by atoms with Gasteiger partial charge in [-0.25, -0.2) is 0 Å². The SMILES string of the molecule is Nc1ccc([N+](=O)[O-])cc1C(=O)N(CC1CC1)CC(F)(F)F. The maximum atomic E-state index is 12.6. The molecule has 1 amide bonds. The molecule has 0 aromatic heterocycles. The van der Waals surface area contributed by atoms with Gasteiger partial charge < -0.3 is 10.6 Å². The molecule has 0 unspecified atom stereocenters. The second-order valence-electron chi connectivity index (χ2n) is 5.27. The summed E-state index contributed by atoms with van der Waals surface area (Å²) in [7, 11) is 0. The summed E-state index contributed by atoms with van der Waals surface area (Å²) < 4.78 is 37.9. The number of alkyl halides is 3. The Kier molecular flexibility index (Phi) is 4.25. The molecule has 22 heavy (non-hydrogen) atoms. The highest BCUT2D eigenvalue weighted by atomic mass is 19.4. The molecule has 1 saturated carbocycles. The molecule has 1 aromatic rings. The first-order valence-corrected chi connectivity index (χ1v) is 6.57. The summed E-state index contributed by atoms with van der Waals surface area (Å²) in [6.45, 7) is -1.43. The summed E-state index contributed by atoms with van der Waals surface area (Å²) in [6, 6.07) is 3.16. The Hall–Kier alpha value is -2.32. The molecule has 0 radical (unpaired) electrons. The van der Waals surface area contributed by atoms with Crippen LogP contribution in [-0.4, -0.2) is 35.0 Å². The van der Waals surface area contributed by atoms with Crippen molar-refractivity contribution in [2.45, 2.75) is 19.0 Å². The molecule has 0 spiro atoms. The van der Waals surface area contributed by atoms with Gasteiger partial charge in [0.1, 0.15) is 6.54 Å². The Labute approximate surface area is 123 Å². The average Bonchev–Trinajstić information content (AvgIpc) is 3.20. The molecule has 9 heteroatoms. The van der Waals surface area contributed by atoms with Gasteiger partial charge in [-0.15, -0.1) is 0 Å². The van der Waals surface area contributed by atoms with Gasteiger partial charge in [0, 0.05) is 24.4 Å². The van der Waals surface area contributed by atoms with Crippen LogP contribution in [0.3, 0.4) is 0 Å². The van der Waals surface area contributed by atoms with Crippen molar-refractivity contribution in [3.63, 3.8) is 0 Å². The van der Waals surface area contributed by atoms with E-state index in [1.54, 1.807) is 0 Å². The van der Waals surface area contributed by atoms with Crippen LogP contribution in [0.2, 0.25) is 0 Å². The molecule has 0 atom stereocenters. The summed E-state index contributed by atoms with van der Waals surface area (Å²) >= 11 is 0. The van der Waals surface area contributed by atoms with Gasteiger partial charge in [0.05, 0.1) is 10.5 Å². The molecule has 1 aliphatic carbocycles. The molecular weight excluding hydrogens is 303 g/mol. The largest absolute Gasteiger partial charge is 0.406 e. The molecule has 1 aromatic carbocycles. The second-order valence-corrected chi connectivity index (χ2v) is 5.27. The normalized spacial score (nSPS) is 14.7. The highest BCUT2D eigenvalue weighted by molar-refractivity contribution is 5.99. The molecule has 1 fully saturated rings. The van der Waals surface area contributed by atoms with E-state index >= 15 is 0 Å². The zero-order chi connectivity index (χ0) is 16.5. The number of rotatable bonds is 5. The minimum Gasteiger partial charge on any atom is -0.398 e. The topological polar surface area (TPSA) is 89.5 Å². The predicted octanol–water partition coefficient (Wildman–Crippen LogP) is 2.59. The standard InChI is InChI=1S/C13H14F3N3O3/c14-13(15,16)7-18(6-8-1-2-8)12(20)10-5-9(19(21)22)3-4-11(10)17/h3-5,8H,1-2,6-7,17H2. The van der Waals surface area contributed by atoms with Crippen molar-refractivity contribution in [2.24, 2.45) is 5.92 Å². The number of hydrogen-bond donors (Lipinski definition) is 1. The molecule has 0 heterocycles. The monoisotopic (exact) mass is 317 g/mol. The molecule has 120 valence electrons. The van der Waals surface area contributed by atoms with Crippen molar-refractivity contribution in [1.29, 1.82) is 0 Å². The number of anilines is 1. The van der Waals surface area contributed by atoms with E-state index in [1.807, 2.05) is 0 Å². The van der Waals surface area contributed by atoms with Crippen molar-refractivity contribution < 1.29 is 22.9 Å². The Bertz CT molecular complexity index is 600. The minimum atomic E-state index is -4.54. The highest BCUT2D eigenvalue weighted by Crippen LogP contribution is 2.32. The van der Waals surface area contributed by atoms with Gasteiger partial charge in [-0.05, 0) is 24.8 Å². The van der Waals surface area contributed by atoms with Crippen molar-refractivity contribution in [1.82, 2.24) is 4.90 Å². The van der Waals surface area contributed by atoms with E-state index < -0.39 is 29.2 Å². The maximum absolute atomic E-state index is 12.6.